The number of benzene rings is 2. The summed E-state index contributed by atoms with van der Waals surface area (Å²) >= 11 is 0. The minimum Gasteiger partial charge on any atom is -0.497 e. The highest BCUT2D eigenvalue weighted by Crippen LogP contribution is 2.23. The Hall–Kier alpha value is -3.02. The Bertz CT molecular complexity index is 772. The van der Waals surface area contributed by atoms with Crippen LogP contribution in [0.3, 0.4) is 0 Å². The summed E-state index contributed by atoms with van der Waals surface area (Å²) in [6.45, 7) is 3.65. The van der Waals surface area contributed by atoms with Crippen LogP contribution in [0, 0.1) is 6.92 Å². The molecule has 6 nitrogen and oxygen atoms in total. The van der Waals surface area contributed by atoms with Gasteiger partial charge in [0, 0.05) is 25.3 Å². The summed E-state index contributed by atoms with van der Waals surface area (Å²) in [5, 5.41) is 2.87. The molecule has 26 heavy (non-hydrogen) atoms. The molecule has 1 aliphatic heterocycles. The molecule has 3 amide bonds. The predicted molar refractivity (Wildman–Crippen MR) is 100 cm³/mol. The number of carbonyl (C=O) groups excluding carboxylic acids is 2. The van der Waals surface area contributed by atoms with Gasteiger partial charge in [-0.15, -0.1) is 0 Å². The van der Waals surface area contributed by atoms with Gasteiger partial charge < -0.3 is 15.0 Å². The van der Waals surface area contributed by atoms with E-state index in [-0.39, 0.29) is 18.5 Å². The van der Waals surface area contributed by atoms with E-state index in [1.165, 1.54) is 5.56 Å². The Morgan fingerprint density at radius 1 is 1.08 bits per heavy atom. The van der Waals surface area contributed by atoms with Crippen molar-refractivity contribution in [3.8, 4) is 5.75 Å². The lowest BCUT2D eigenvalue weighted by Gasteiger charge is -2.18. The van der Waals surface area contributed by atoms with Gasteiger partial charge in [-0.2, -0.15) is 0 Å². The quantitative estimate of drug-likeness (QED) is 0.868. The van der Waals surface area contributed by atoms with Gasteiger partial charge in [-0.1, -0.05) is 29.8 Å². The second-order valence-electron chi connectivity index (χ2n) is 6.32. The van der Waals surface area contributed by atoms with Crippen molar-refractivity contribution in [3.05, 3.63) is 59.7 Å². The first-order valence-corrected chi connectivity index (χ1v) is 8.59. The van der Waals surface area contributed by atoms with Crippen molar-refractivity contribution in [2.45, 2.75) is 13.5 Å². The molecular weight excluding hydrogens is 330 g/mol. The van der Waals surface area contributed by atoms with E-state index in [0.29, 0.717) is 19.6 Å². The molecule has 6 heteroatoms. The van der Waals surface area contributed by atoms with E-state index in [2.05, 4.69) is 5.32 Å². The number of rotatable bonds is 6. The van der Waals surface area contributed by atoms with Gasteiger partial charge in [0.2, 0.25) is 5.91 Å². The predicted octanol–water partition coefficient (Wildman–Crippen LogP) is 2.56. The van der Waals surface area contributed by atoms with Gasteiger partial charge in [0.25, 0.3) is 0 Å². The summed E-state index contributed by atoms with van der Waals surface area (Å²) in [6, 6.07) is 15.2. The number of carbonyl (C=O) groups is 2. The highest BCUT2D eigenvalue weighted by Gasteiger charge is 2.30. The van der Waals surface area contributed by atoms with Crippen molar-refractivity contribution in [2.24, 2.45) is 0 Å². The van der Waals surface area contributed by atoms with Crippen LogP contribution in [-0.2, 0) is 11.3 Å². The number of hydrogen-bond donors (Lipinski definition) is 1. The van der Waals surface area contributed by atoms with Crippen LogP contribution in [0.2, 0.25) is 0 Å². The summed E-state index contributed by atoms with van der Waals surface area (Å²) in [5.41, 5.74) is 3.02. The van der Waals surface area contributed by atoms with Crippen LogP contribution in [-0.4, -0.2) is 43.6 Å². The first-order valence-electron chi connectivity index (χ1n) is 8.59. The second-order valence-corrected chi connectivity index (χ2v) is 6.32. The molecule has 0 atom stereocenters. The molecule has 0 saturated carbocycles. The second kappa shape index (κ2) is 7.91. The number of aryl methyl sites for hydroxylation is 1. The fourth-order valence-corrected chi connectivity index (χ4v) is 2.87. The molecule has 0 aromatic heterocycles. The minimum atomic E-state index is -0.157. The molecule has 0 radical (unpaired) electrons. The molecule has 0 aliphatic carbocycles. The van der Waals surface area contributed by atoms with Crippen LogP contribution in [0.5, 0.6) is 5.75 Å². The molecule has 1 saturated heterocycles. The average molecular weight is 353 g/mol. The maximum absolute atomic E-state index is 12.5. The highest BCUT2D eigenvalue weighted by atomic mass is 16.5. The fourth-order valence-electron chi connectivity index (χ4n) is 2.87. The van der Waals surface area contributed by atoms with Crippen LogP contribution >= 0.6 is 0 Å². The normalized spacial score (nSPS) is 13.8. The van der Waals surface area contributed by atoms with E-state index < -0.39 is 0 Å². The third-order valence-corrected chi connectivity index (χ3v) is 4.42. The van der Waals surface area contributed by atoms with E-state index >= 15 is 0 Å². The van der Waals surface area contributed by atoms with Crippen molar-refractivity contribution in [1.29, 1.82) is 0 Å². The molecule has 0 spiro atoms. The molecule has 0 bridgehead atoms. The minimum absolute atomic E-state index is 0.0668. The van der Waals surface area contributed by atoms with Gasteiger partial charge in [0.05, 0.1) is 7.11 Å². The lowest BCUT2D eigenvalue weighted by Crippen LogP contribution is -2.39. The zero-order valence-corrected chi connectivity index (χ0v) is 15.1. The first kappa shape index (κ1) is 17.8. The Labute approximate surface area is 153 Å². The molecule has 2 aromatic rings. The average Bonchev–Trinajstić information content (AvgIpc) is 3.02. The van der Waals surface area contributed by atoms with E-state index in [0.717, 1.165) is 17.0 Å². The van der Waals surface area contributed by atoms with Gasteiger partial charge in [-0.3, -0.25) is 9.69 Å². The van der Waals surface area contributed by atoms with Crippen molar-refractivity contribution >= 4 is 17.6 Å². The summed E-state index contributed by atoms with van der Waals surface area (Å²) in [6.07, 6.45) is 0. The first-order chi connectivity index (χ1) is 12.6. The zero-order chi connectivity index (χ0) is 18.5. The highest BCUT2D eigenvalue weighted by molar-refractivity contribution is 5.96. The van der Waals surface area contributed by atoms with Crippen LogP contribution < -0.4 is 15.0 Å². The Balaban J connectivity index is 1.52. The lowest BCUT2D eigenvalue weighted by atomic mass is 10.1. The Morgan fingerprint density at radius 2 is 1.77 bits per heavy atom. The molecule has 0 unspecified atom stereocenters. The molecular formula is C20H23N3O3. The molecule has 136 valence electrons. The summed E-state index contributed by atoms with van der Waals surface area (Å²) in [4.78, 5) is 28.0. The number of amides is 3. The largest absolute Gasteiger partial charge is 0.497 e. The van der Waals surface area contributed by atoms with Gasteiger partial charge in [-0.25, -0.2) is 4.79 Å². The molecule has 3 rings (SSSR count). The number of hydrogen-bond acceptors (Lipinski definition) is 3. The number of ether oxygens (including phenoxy) is 1. The maximum atomic E-state index is 12.5. The van der Waals surface area contributed by atoms with Crippen LogP contribution in [0.4, 0.5) is 10.5 Å². The topological polar surface area (TPSA) is 61.9 Å². The number of anilines is 1. The molecule has 1 fully saturated rings. The fraction of sp³-hybridized carbons (Fsp3) is 0.300. The number of methoxy groups -OCH3 is 1. The molecule has 1 N–H and O–H groups in total. The summed E-state index contributed by atoms with van der Waals surface area (Å²) in [7, 11) is 1.60. The van der Waals surface area contributed by atoms with Crippen molar-refractivity contribution in [3.63, 3.8) is 0 Å². The Morgan fingerprint density at radius 3 is 2.42 bits per heavy atom. The van der Waals surface area contributed by atoms with Gasteiger partial charge >= 0.3 is 6.03 Å². The van der Waals surface area contributed by atoms with E-state index in [1.54, 1.807) is 16.9 Å². The monoisotopic (exact) mass is 353 g/mol. The van der Waals surface area contributed by atoms with Gasteiger partial charge in [-0.05, 0) is 36.8 Å². The Kier molecular flexibility index (Phi) is 5.41. The standard InChI is InChI=1S/C20H23N3O3/c1-15-3-5-16(6-4-15)13-21-19(24)14-22-11-12-23(20(22)25)17-7-9-18(26-2)10-8-17/h3-10H,11-14H2,1-2H3,(H,21,24). The van der Waals surface area contributed by atoms with Crippen molar-refractivity contribution < 1.29 is 14.3 Å². The number of nitrogens with zero attached hydrogens (tertiary/aromatic N) is 2. The number of nitrogens with one attached hydrogen (secondary N) is 1. The van der Waals surface area contributed by atoms with Gasteiger partial charge in [0.15, 0.2) is 0 Å². The lowest BCUT2D eigenvalue weighted by molar-refractivity contribution is -0.121. The van der Waals surface area contributed by atoms with Crippen LogP contribution in [0.1, 0.15) is 11.1 Å². The van der Waals surface area contributed by atoms with E-state index in [1.807, 2.05) is 55.5 Å². The third kappa shape index (κ3) is 4.14. The van der Waals surface area contributed by atoms with Crippen LogP contribution in [0.25, 0.3) is 0 Å². The van der Waals surface area contributed by atoms with Crippen LogP contribution in [0.15, 0.2) is 48.5 Å². The van der Waals surface area contributed by atoms with Crippen molar-refractivity contribution in [1.82, 2.24) is 10.2 Å². The maximum Gasteiger partial charge on any atom is 0.325 e. The molecule has 1 aliphatic rings. The molecule has 1 heterocycles. The van der Waals surface area contributed by atoms with E-state index in [9.17, 15) is 9.59 Å². The van der Waals surface area contributed by atoms with Gasteiger partial charge in [0.1, 0.15) is 12.3 Å². The summed E-state index contributed by atoms with van der Waals surface area (Å²) < 4.78 is 5.14. The number of urea groups is 1. The molecule has 2 aromatic carbocycles. The smallest absolute Gasteiger partial charge is 0.325 e. The van der Waals surface area contributed by atoms with E-state index in [4.69, 9.17) is 4.74 Å². The summed E-state index contributed by atoms with van der Waals surface area (Å²) in [5.74, 6) is 0.586. The zero-order valence-electron chi connectivity index (χ0n) is 15.1. The van der Waals surface area contributed by atoms with Crippen molar-refractivity contribution in [2.75, 3.05) is 31.6 Å². The SMILES string of the molecule is COc1ccc(N2CCN(CC(=O)NCc3ccc(C)cc3)C2=O)cc1. The third-order valence-electron chi connectivity index (χ3n) is 4.42.